The molecule has 3 rings (SSSR count). The van der Waals surface area contributed by atoms with Crippen molar-refractivity contribution >= 4 is 5.91 Å². The molecule has 1 aliphatic rings. The Labute approximate surface area is 136 Å². The first kappa shape index (κ1) is 15.4. The molecule has 0 bridgehead atoms. The van der Waals surface area contributed by atoms with Crippen LogP contribution in [0.3, 0.4) is 0 Å². The van der Waals surface area contributed by atoms with Crippen LogP contribution < -0.4 is 9.47 Å². The molecule has 4 heteroatoms. The van der Waals surface area contributed by atoms with Crippen molar-refractivity contribution in [3.63, 3.8) is 0 Å². The minimum atomic E-state index is 0.132. The molecular formula is C19H21NO3. The maximum atomic E-state index is 12.5. The highest BCUT2D eigenvalue weighted by molar-refractivity contribution is 5.96. The Morgan fingerprint density at radius 1 is 1.04 bits per heavy atom. The molecule has 1 heterocycles. The van der Waals surface area contributed by atoms with E-state index >= 15 is 0 Å². The summed E-state index contributed by atoms with van der Waals surface area (Å²) >= 11 is 0. The van der Waals surface area contributed by atoms with Crippen molar-refractivity contribution < 1.29 is 14.3 Å². The molecule has 4 nitrogen and oxygen atoms in total. The Morgan fingerprint density at radius 2 is 1.83 bits per heavy atom. The minimum Gasteiger partial charge on any atom is -0.493 e. The molecule has 0 aromatic heterocycles. The average Bonchev–Trinajstić information content (AvgIpc) is 2.61. The second kappa shape index (κ2) is 6.73. The number of benzene rings is 2. The molecule has 2 aromatic carbocycles. The van der Waals surface area contributed by atoms with Gasteiger partial charge in [-0.1, -0.05) is 24.3 Å². The molecule has 1 amide bonds. The van der Waals surface area contributed by atoms with Gasteiger partial charge < -0.3 is 14.4 Å². The summed E-state index contributed by atoms with van der Waals surface area (Å²) in [5.41, 5.74) is 3.13. The number of ether oxygens (including phenoxy) is 2. The number of hydrogen-bond acceptors (Lipinski definition) is 3. The first-order chi connectivity index (χ1) is 11.2. The molecule has 0 unspecified atom stereocenters. The normalized spacial score (nSPS) is 13.7. The average molecular weight is 311 g/mol. The van der Waals surface area contributed by atoms with E-state index in [-0.39, 0.29) is 5.91 Å². The van der Waals surface area contributed by atoms with Gasteiger partial charge in [0.2, 0.25) is 0 Å². The predicted octanol–water partition coefficient (Wildman–Crippen LogP) is 2.94. The molecule has 0 saturated heterocycles. The Kier molecular flexibility index (Phi) is 4.51. The monoisotopic (exact) mass is 311 g/mol. The van der Waals surface area contributed by atoms with Crippen LogP contribution in [-0.4, -0.2) is 38.1 Å². The van der Waals surface area contributed by atoms with Crippen molar-refractivity contribution in [2.75, 3.05) is 27.3 Å². The summed E-state index contributed by atoms with van der Waals surface area (Å²) in [4.78, 5) is 14.5. The van der Waals surface area contributed by atoms with Gasteiger partial charge in [-0.15, -0.1) is 0 Å². The van der Waals surface area contributed by atoms with Crippen LogP contribution in [0.5, 0.6) is 11.5 Å². The van der Waals surface area contributed by atoms with Gasteiger partial charge in [-0.25, -0.2) is 0 Å². The van der Waals surface area contributed by atoms with Gasteiger partial charge in [0.25, 0.3) is 5.91 Å². The third kappa shape index (κ3) is 3.16. The maximum absolute atomic E-state index is 12.5. The standard InChI is InChI=1S/C19H21NO3/c1-22-17-8-7-14(13-18(17)23-2)9-11-20-12-10-15-5-3-4-6-16(15)19(20)21/h3-8,13H,9-12H2,1-2H3. The van der Waals surface area contributed by atoms with Crippen molar-refractivity contribution in [2.45, 2.75) is 12.8 Å². The van der Waals surface area contributed by atoms with Crippen LogP contribution in [0.25, 0.3) is 0 Å². The van der Waals surface area contributed by atoms with E-state index in [0.717, 1.165) is 47.6 Å². The summed E-state index contributed by atoms with van der Waals surface area (Å²) < 4.78 is 10.6. The zero-order valence-corrected chi connectivity index (χ0v) is 13.5. The van der Waals surface area contributed by atoms with E-state index in [2.05, 4.69) is 0 Å². The molecular weight excluding hydrogens is 290 g/mol. The smallest absolute Gasteiger partial charge is 0.254 e. The first-order valence-corrected chi connectivity index (χ1v) is 7.81. The van der Waals surface area contributed by atoms with E-state index in [9.17, 15) is 4.79 Å². The minimum absolute atomic E-state index is 0.132. The summed E-state index contributed by atoms with van der Waals surface area (Å²) in [6, 6.07) is 13.8. The van der Waals surface area contributed by atoms with E-state index < -0.39 is 0 Å². The van der Waals surface area contributed by atoms with Crippen LogP contribution in [0.1, 0.15) is 21.5 Å². The molecule has 23 heavy (non-hydrogen) atoms. The SMILES string of the molecule is COc1ccc(CCN2CCc3ccccc3C2=O)cc1OC. The topological polar surface area (TPSA) is 38.8 Å². The molecule has 2 aromatic rings. The van der Waals surface area contributed by atoms with Crippen molar-refractivity contribution in [2.24, 2.45) is 0 Å². The van der Waals surface area contributed by atoms with Gasteiger partial charge >= 0.3 is 0 Å². The Bertz CT molecular complexity index is 712. The highest BCUT2D eigenvalue weighted by atomic mass is 16.5. The number of carbonyl (C=O) groups excluding carboxylic acids is 1. The van der Waals surface area contributed by atoms with Gasteiger partial charge in [0, 0.05) is 18.7 Å². The van der Waals surface area contributed by atoms with Gasteiger partial charge in [0.15, 0.2) is 11.5 Å². The van der Waals surface area contributed by atoms with Crippen molar-refractivity contribution in [3.05, 3.63) is 59.2 Å². The van der Waals surface area contributed by atoms with Crippen molar-refractivity contribution in [3.8, 4) is 11.5 Å². The second-order valence-corrected chi connectivity index (χ2v) is 5.64. The Hall–Kier alpha value is -2.49. The van der Waals surface area contributed by atoms with Gasteiger partial charge in [0.05, 0.1) is 14.2 Å². The van der Waals surface area contributed by atoms with Crippen molar-refractivity contribution in [1.29, 1.82) is 0 Å². The fraction of sp³-hybridized carbons (Fsp3) is 0.316. The molecule has 0 saturated carbocycles. The predicted molar refractivity (Wildman–Crippen MR) is 89.3 cm³/mol. The zero-order valence-electron chi connectivity index (χ0n) is 13.5. The fourth-order valence-corrected chi connectivity index (χ4v) is 2.99. The summed E-state index contributed by atoms with van der Waals surface area (Å²) in [6.07, 6.45) is 1.72. The van der Waals surface area contributed by atoms with Gasteiger partial charge in [-0.2, -0.15) is 0 Å². The summed E-state index contributed by atoms with van der Waals surface area (Å²) in [7, 11) is 3.26. The van der Waals surface area contributed by atoms with Gasteiger partial charge in [-0.3, -0.25) is 4.79 Å². The van der Waals surface area contributed by atoms with E-state index in [1.165, 1.54) is 0 Å². The van der Waals surface area contributed by atoms with Crippen LogP contribution in [0.2, 0.25) is 0 Å². The molecule has 0 atom stereocenters. The largest absolute Gasteiger partial charge is 0.493 e. The van der Waals surface area contributed by atoms with Crippen LogP contribution in [0, 0.1) is 0 Å². The lowest BCUT2D eigenvalue weighted by molar-refractivity contribution is 0.0742. The lowest BCUT2D eigenvalue weighted by Gasteiger charge is -2.28. The third-order valence-electron chi connectivity index (χ3n) is 4.30. The van der Waals surface area contributed by atoms with Gasteiger partial charge in [0.1, 0.15) is 0 Å². The fourth-order valence-electron chi connectivity index (χ4n) is 2.99. The lowest BCUT2D eigenvalue weighted by atomic mass is 9.98. The number of carbonyl (C=O) groups is 1. The van der Waals surface area contributed by atoms with E-state index in [4.69, 9.17) is 9.47 Å². The number of amides is 1. The van der Waals surface area contributed by atoms with E-state index in [0.29, 0.717) is 6.54 Å². The number of nitrogens with zero attached hydrogens (tertiary/aromatic N) is 1. The summed E-state index contributed by atoms with van der Waals surface area (Å²) in [6.45, 7) is 1.49. The molecule has 0 spiro atoms. The lowest BCUT2D eigenvalue weighted by Crippen LogP contribution is -2.38. The molecule has 0 aliphatic carbocycles. The van der Waals surface area contributed by atoms with Crippen LogP contribution in [-0.2, 0) is 12.8 Å². The highest BCUT2D eigenvalue weighted by Gasteiger charge is 2.23. The molecule has 120 valence electrons. The number of hydrogen-bond donors (Lipinski definition) is 0. The van der Waals surface area contributed by atoms with Crippen LogP contribution in [0.15, 0.2) is 42.5 Å². The zero-order chi connectivity index (χ0) is 16.2. The summed E-state index contributed by atoms with van der Waals surface area (Å²) in [5.74, 6) is 1.58. The molecule has 0 radical (unpaired) electrons. The first-order valence-electron chi connectivity index (χ1n) is 7.81. The Morgan fingerprint density at radius 3 is 2.61 bits per heavy atom. The second-order valence-electron chi connectivity index (χ2n) is 5.64. The van der Waals surface area contributed by atoms with E-state index in [1.807, 2.05) is 47.4 Å². The van der Waals surface area contributed by atoms with Gasteiger partial charge in [-0.05, 0) is 42.2 Å². The maximum Gasteiger partial charge on any atom is 0.254 e. The quantitative estimate of drug-likeness (QED) is 0.852. The number of fused-ring (bicyclic) bond motifs is 1. The molecule has 0 N–H and O–H groups in total. The number of rotatable bonds is 5. The number of methoxy groups -OCH3 is 2. The van der Waals surface area contributed by atoms with E-state index in [1.54, 1.807) is 14.2 Å². The third-order valence-corrected chi connectivity index (χ3v) is 4.30. The van der Waals surface area contributed by atoms with Crippen molar-refractivity contribution in [1.82, 2.24) is 4.90 Å². The molecule has 0 fully saturated rings. The van der Waals surface area contributed by atoms with Crippen LogP contribution in [0.4, 0.5) is 0 Å². The highest BCUT2D eigenvalue weighted by Crippen LogP contribution is 2.28. The molecule has 1 aliphatic heterocycles. The summed E-state index contributed by atoms with van der Waals surface area (Å²) in [5, 5.41) is 0. The van der Waals surface area contributed by atoms with Crippen LogP contribution >= 0.6 is 0 Å². The Balaban J connectivity index is 1.69.